The van der Waals surface area contributed by atoms with Crippen LogP contribution in [0, 0.1) is 5.41 Å². The average Bonchev–Trinajstić information content (AvgIpc) is 2.97. The molecule has 5 nitrogen and oxygen atoms in total. The molecule has 5 heteroatoms. The van der Waals surface area contributed by atoms with Gasteiger partial charge in [-0.25, -0.2) is 0 Å². The summed E-state index contributed by atoms with van der Waals surface area (Å²) >= 11 is 0. The van der Waals surface area contributed by atoms with E-state index >= 15 is 0 Å². The van der Waals surface area contributed by atoms with Crippen molar-refractivity contribution in [1.82, 2.24) is 10.6 Å². The van der Waals surface area contributed by atoms with Crippen LogP contribution in [-0.2, 0) is 14.3 Å². The van der Waals surface area contributed by atoms with Gasteiger partial charge in [0.25, 0.3) is 0 Å². The number of hydrogen-bond acceptors (Lipinski definition) is 4. The number of carbonyl (C=O) groups is 1. The van der Waals surface area contributed by atoms with Crippen molar-refractivity contribution in [3.8, 4) is 0 Å². The van der Waals surface area contributed by atoms with E-state index in [0.717, 1.165) is 32.4 Å². The minimum atomic E-state index is -0.399. The van der Waals surface area contributed by atoms with E-state index in [1.807, 2.05) is 0 Å². The highest BCUT2D eigenvalue weighted by molar-refractivity contribution is 5.83. The molecule has 2 fully saturated rings. The molecule has 104 valence electrons. The predicted molar refractivity (Wildman–Crippen MR) is 68.4 cm³/mol. The molecule has 0 bridgehead atoms. The van der Waals surface area contributed by atoms with Gasteiger partial charge in [0, 0.05) is 26.8 Å². The molecular formula is C13H24N2O3. The number of amides is 1. The van der Waals surface area contributed by atoms with Crippen LogP contribution in [0.3, 0.4) is 0 Å². The Balaban J connectivity index is 1.89. The van der Waals surface area contributed by atoms with Gasteiger partial charge in [0.1, 0.15) is 0 Å². The van der Waals surface area contributed by atoms with Gasteiger partial charge in [0.2, 0.25) is 5.91 Å². The molecule has 0 spiro atoms. The lowest BCUT2D eigenvalue weighted by atomic mass is 9.86. The summed E-state index contributed by atoms with van der Waals surface area (Å²) in [6.45, 7) is 5.52. The Hall–Kier alpha value is -0.650. The fourth-order valence-corrected chi connectivity index (χ4v) is 2.83. The molecule has 2 aliphatic rings. The van der Waals surface area contributed by atoms with E-state index < -0.39 is 5.41 Å². The van der Waals surface area contributed by atoms with Crippen LogP contribution < -0.4 is 10.6 Å². The number of ether oxygens (including phenoxy) is 2. The summed E-state index contributed by atoms with van der Waals surface area (Å²) in [5.41, 5.74) is -0.584. The van der Waals surface area contributed by atoms with Crippen molar-refractivity contribution in [3.63, 3.8) is 0 Å². The molecule has 2 rings (SSSR count). The summed E-state index contributed by atoms with van der Waals surface area (Å²) in [5, 5.41) is 6.29. The third-order valence-electron chi connectivity index (χ3n) is 4.07. The van der Waals surface area contributed by atoms with Crippen LogP contribution in [0.5, 0.6) is 0 Å². The zero-order valence-electron chi connectivity index (χ0n) is 11.4. The maximum Gasteiger partial charge on any atom is 0.230 e. The largest absolute Gasteiger partial charge is 0.384 e. The van der Waals surface area contributed by atoms with Gasteiger partial charge < -0.3 is 20.1 Å². The average molecular weight is 256 g/mol. The molecule has 0 radical (unpaired) electrons. The second kappa shape index (κ2) is 5.55. The molecule has 0 saturated carbocycles. The molecule has 18 heavy (non-hydrogen) atoms. The van der Waals surface area contributed by atoms with Gasteiger partial charge in [-0.1, -0.05) is 0 Å². The quantitative estimate of drug-likeness (QED) is 0.742. The lowest BCUT2D eigenvalue weighted by molar-refractivity contribution is -0.134. The van der Waals surface area contributed by atoms with Gasteiger partial charge in [0.05, 0.1) is 17.6 Å². The third-order valence-corrected chi connectivity index (χ3v) is 4.07. The van der Waals surface area contributed by atoms with Gasteiger partial charge in [-0.15, -0.1) is 0 Å². The van der Waals surface area contributed by atoms with Crippen LogP contribution in [0.25, 0.3) is 0 Å². The maximum atomic E-state index is 12.4. The first-order valence-corrected chi connectivity index (χ1v) is 6.72. The fraction of sp³-hybridized carbons (Fsp3) is 0.923. The summed E-state index contributed by atoms with van der Waals surface area (Å²) in [5.74, 6) is 0.0890. The highest BCUT2D eigenvalue weighted by atomic mass is 16.5. The molecule has 0 aromatic carbocycles. The summed E-state index contributed by atoms with van der Waals surface area (Å²) in [6.07, 6.45) is 2.93. The fourth-order valence-electron chi connectivity index (χ4n) is 2.83. The van der Waals surface area contributed by atoms with E-state index in [9.17, 15) is 4.79 Å². The first-order chi connectivity index (χ1) is 8.60. The molecule has 0 aromatic heterocycles. The van der Waals surface area contributed by atoms with E-state index in [0.29, 0.717) is 19.7 Å². The molecule has 2 aliphatic heterocycles. The molecule has 0 aliphatic carbocycles. The van der Waals surface area contributed by atoms with Gasteiger partial charge >= 0.3 is 0 Å². The summed E-state index contributed by atoms with van der Waals surface area (Å²) in [7, 11) is 1.65. The van der Waals surface area contributed by atoms with Crippen molar-refractivity contribution in [2.24, 2.45) is 5.41 Å². The molecule has 2 heterocycles. The molecular weight excluding hydrogens is 232 g/mol. The zero-order chi connectivity index (χ0) is 13.1. The van der Waals surface area contributed by atoms with Gasteiger partial charge in [0.15, 0.2) is 0 Å². The van der Waals surface area contributed by atoms with Gasteiger partial charge in [-0.3, -0.25) is 4.79 Å². The Morgan fingerprint density at radius 3 is 2.89 bits per heavy atom. The Kier molecular flexibility index (Phi) is 4.25. The third kappa shape index (κ3) is 2.84. The van der Waals surface area contributed by atoms with Crippen LogP contribution in [0.1, 0.15) is 26.2 Å². The van der Waals surface area contributed by atoms with Crippen molar-refractivity contribution in [2.75, 3.05) is 40.0 Å². The number of rotatable bonds is 5. The van der Waals surface area contributed by atoms with Crippen LogP contribution in [0.2, 0.25) is 0 Å². The van der Waals surface area contributed by atoms with E-state index in [-0.39, 0.29) is 11.5 Å². The van der Waals surface area contributed by atoms with E-state index in [2.05, 4.69) is 17.6 Å². The smallest absolute Gasteiger partial charge is 0.230 e. The Bertz CT molecular complexity index is 295. The predicted octanol–water partition coefficient (Wildman–Crippen LogP) is 0.298. The Morgan fingerprint density at radius 2 is 2.33 bits per heavy atom. The topological polar surface area (TPSA) is 59.6 Å². The maximum absolute atomic E-state index is 12.4. The van der Waals surface area contributed by atoms with Crippen molar-refractivity contribution in [2.45, 2.75) is 31.8 Å². The monoisotopic (exact) mass is 256 g/mol. The lowest BCUT2D eigenvalue weighted by Gasteiger charge is -2.29. The first-order valence-electron chi connectivity index (χ1n) is 6.72. The van der Waals surface area contributed by atoms with Crippen LogP contribution >= 0.6 is 0 Å². The summed E-state index contributed by atoms with van der Waals surface area (Å²) in [6, 6.07) is 0. The zero-order valence-corrected chi connectivity index (χ0v) is 11.4. The van der Waals surface area contributed by atoms with Crippen molar-refractivity contribution in [3.05, 3.63) is 0 Å². The molecule has 2 saturated heterocycles. The van der Waals surface area contributed by atoms with Crippen molar-refractivity contribution in [1.29, 1.82) is 0 Å². The minimum absolute atomic E-state index is 0.0890. The van der Waals surface area contributed by atoms with Crippen molar-refractivity contribution < 1.29 is 14.3 Å². The second-order valence-corrected chi connectivity index (χ2v) is 5.72. The van der Waals surface area contributed by atoms with Gasteiger partial charge in [-0.2, -0.15) is 0 Å². The number of methoxy groups -OCH3 is 1. The molecule has 2 atom stereocenters. The SMILES string of the molecule is COCC1(C(=O)NCC2(C)CCCO2)CCNC1. The van der Waals surface area contributed by atoms with E-state index in [1.165, 1.54) is 0 Å². The highest BCUT2D eigenvalue weighted by Gasteiger charge is 2.42. The Morgan fingerprint density at radius 1 is 1.50 bits per heavy atom. The van der Waals surface area contributed by atoms with E-state index in [4.69, 9.17) is 9.47 Å². The summed E-state index contributed by atoms with van der Waals surface area (Å²) in [4.78, 5) is 12.4. The van der Waals surface area contributed by atoms with Crippen molar-refractivity contribution >= 4 is 5.91 Å². The van der Waals surface area contributed by atoms with Crippen LogP contribution in [0.4, 0.5) is 0 Å². The highest BCUT2D eigenvalue weighted by Crippen LogP contribution is 2.28. The molecule has 2 N–H and O–H groups in total. The lowest BCUT2D eigenvalue weighted by Crippen LogP contribution is -2.49. The second-order valence-electron chi connectivity index (χ2n) is 5.72. The van der Waals surface area contributed by atoms with Crippen LogP contribution in [0.15, 0.2) is 0 Å². The summed E-state index contributed by atoms with van der Waals surface area (Å²) < 4.78 is 10.9. The first kappa shape index (κ1) is 13.8. The van der Waals surface area contributed by atoms with Gasteiger partial charge in [-0.05, 0) is 32.7 Å². The van der Waals surface area contributed by atoms with Crippen LogP contribution in [-0.4, -0.2) is 51.5 Å². The molecule has 0 aromatic rings. The number of nitrogens with one attached hydrogen (secondary N) is 2. The van der Waals surface area contributed by atoms with E-state index in [1.54, 1.807) is 7.11 Å². The normalized spacial score (nSPS) is 35.9. The minimum Gasteiger partial charge on any atom is -0.384 e. The molecule has 2 unspecified atom stereocenters. The standard InChI is InChI=1S/C13H24N2O3/c1-12(4-3-7-18-12)8-15-11(16)13(10-17-2)5-6-14-9-13/h14H,3-10H2,1-2H3,(H,15,16). The molecule has 1 amide bonds. The Labute approximate surface area is 109 Å². The number of carbonyl (C=O) groups excluding carboxylic acids is 1. The number of hydrogen-bond donors (Lipinski definition) is 2.